The second-order valence-corrected chi connectivity index (χ2v) is 5.74. The van der Waals surface area contributed by atoms with Crippen LogP contribution in [0.2, 0.25) is 0 Å². The molecule has 0 aliphatic carbocycles. The molecular weight excluding hydrogens is 362 g/mol. The first-order valence-corrected chi connectivity index (χ1v) is 7.48. The Balaban J connectivity index is 2.51. The lowest BCUT2D eigenvalue weighted by molar-refractivity contribution is -0.141. The molecule has 1 aromatic carbocycles. The molecular formula is C13H17Br2NO2. The van der Waals surface area contributed by atoms with Crippen LogP contribution in [0.1, 0.15) is 25.3 Å². The van der Waals surface area contributed by atoms with Crippen LogP contribution in [0.4, 0.5) is 5.69 Å². The third kappa shape index (κ3) is 4.98. The molecule has 0 spiro atoms. The van der Waals surface area contributed by atoms with Gasteiger partial charge in [0.1, 0.15) is 6.54 Å². The summed E-state index contributed by atoms with van der Waals surface area (Å²) in [5.41, 5.74) is 2.01. The van der Waals surface area contributed by atoms with Crippen LogP contribution in [-0.2, 0) is 9.53 Å². The molecule has 0 saturated heterocycles. The molecule has 0 aromatic heterocycles. The number of ether oxygens (including phenoxy) is 1. The van der Waals surface area contributed by atoms with Crippen LogP contribution < -0.4 is 5.32 Å². The third-order valence-electron chi connectivity index (χ3n) is 2.36. The Morgan fingerprint density at radius 2 is 1.94 bits per heavy atom. The van der Waals surface area contributed by atoms with Crippen molar-refractivity contribution in [3.63, 3.8) is 0 Å². The van der Waals surface area contributed by atoms with E-state index in [0.29, 0.717) is 6.61 Å². The monoisotopic (exact) mass is 377 g/mol. The zero-order valence-electron chi connectivity index (χ0n) is 10.6. The van der Waals surface area contributed by atoms with E-state index in [0.717, 1.165) is 33.0 Å². The van der Waals surface area contributed by atoms with E-state index in [1.807, 2.05) is 19.1 Å². The minimum Gasteiger partial charge on any atom is -0.464 e. The summed E-state index contributed by atoms with van der Waals surface area (Å²) in [6, 6.07) is 3.99. The van der Waals surface area contributed by atoms with Gasteiger partial charge in [-0.15, -0.1) is 0 Å². The van der Waals surface area contributed by atoms with Gasteiger partial charge in [-0.1, -0.05) is 13.3 Å². The number of halogens is 2. The maximum absolute atomic E-state index is 11.5. The zero-order valence-corrected chi connectivity index (χ0v) is 13.7. The lowest BCUT2D eigenvalue weighted by Crippen LogP contribution is -2.17. The van der Waals surface area contributed by atoms with Gasteiger partial charge in [-0.05, 0) is 62.9 Å². The van der Waals surface area contributed by atoms with E-state index in [2.05, 4.69) is 44.1 Å². The van der Waals surface area contributed by atoms with Crippen molar-refractivity contribution >= 4 is 43.5 Å². The van der Waals surface area contributed by atoms with Gasteiger partial charge in [0.2, 0.25) is 0 Å². The average Bonchev–Trinajstić information content (AvgIpc) is 2.27. The summed E-state index contributed by atoms with van der Waals surface area (Å²) < 4.78 is 6.93. The Morgan fingerprint density at radius 1 is 1.33 bits per heavy atom. The van der Waals surface area contributed by atoms with Crippen molar-refractivity contribution in [3.8, 4) is 0 Å². The summed E-state index contributed by atoms with van der Waals surface area (Å²) in [5, 5.41) is 3.07. The number of benzene rings is 1. The summed E-state index contributed by atoms with van der Waals surface area (Å²) in [7, 11) is 0. The van der Waals surface area contributed by atoms with E-state index in [1.165, 1.54) is 0 Å². The molecule has 0 radical (unpaired) electrons. The van der Waals surface area contributed by atoms with Gasteiger partial charge in [0.15, 0.2) is 0 Å². The lowest BCUT2D eigenvalue weighted by Gasteiger charge is -2.11. The van der Waals surface area contributed by atoms with Crippen molar-refractivity contribution in [2.24, 2.45) is 0 Å². The molecule has 5 heteroatoms. The van der Waals surface area contributed by atoms with Crippen LogP contribution in [-0.4, -0.2) is 19.1 Å². The Labute approximate surface area is 125 Å². The molecule has 0 bridgehead atoms. The number of rotatable bonds is 6. The average molecular weight is 379 g/mol. The molecule has 18 heavy (non-hydrogen) atoms. The Morgan fingerprint density at radius 3 is 2.50 bits per heavy atom. The highest BCUT2D eigenvalue weighted by Crippen LogP contribution is 2.32. The highest BCUT2D eigenvalue weighted by Gasteiger charge is 2.08. The summed E-state index contributed by atoms with van der Waals surface area (Å²) in [6.45, 7) is 4.74. The van der Waals surface area contributed by atoms with Gasteiger partial charge in [0, 0.05) is 8.95 Å². The van der Waals surface area contributed by atoms with Gasteiger partial charge in [-0.2, -0.15) is 0 Å². The van der Waals surface area contributed by atoms with Crippen molar-refractivity contribution < 1.29 is 9.53 Å². The van der Waals surface area contributed by atoms with Gasteiger partial charge in [0.25, 0.3) is 0 Å². The standard InChI is InChI=1S/C13H17Br2NO2/c1-3-4-5-18-12(17)8-16-13-10(14)6-9(2)7-11(13)15/h6-7,16H,3-5,8H2,1-2H3. The van der Waals surface area contributed by atoms with Crippen LogP contribution in [0, 0.1) is 6.92 Å². The number of aryl methyl sites for hydroxylation is 1. The molecule has 3 nitrogen and oxygen atoms in total. The van der Waals surface area contributed by atoms with Gasteiger partial charge in [0.05, 0.1) is 12.3 Å². The number of esters is 1. The van der Waals surface area contributed by atoms with Crippen molar-refractivity contribution in [1.82, 2.24) is 0 Å². The van der Waals surface area contributed by atoms with Gasteiger partial charge < -0.3 is 10.1 Å². The first-order valence-electron chi connectivity index (χ1n) is 5.89. The third-order valence-corrected chi connectivity index (χ3v) is 3.61. The molecule has 1 aromatic rings. The molecule has 0 amide bonds. The molecule has 1 N–H and O–H groups in total. The minimum absolute atomic E-state index is 0.171. The van der Waals surface area contributed by atoms with Gasteiger partial charge in [-0.3, -0.25) is 4.79 Å². The van der Waals surface area contributed by atoms with E-state index in [1.54, 1.807) is 0 Å². The number of carbonyl (C=O) groups is 1. The lowest BCUT2D eigenvalue weighted by atomic mass is 10.2. The Kier molecular flexibility index (Phi) is 6.71. The number of anilines is 1. The summed E-state index contributed by atoms with van der Waals surface area (Å²) in [5.74, 6) is -0.233. The normalized spacial score (nSPS) is 10.2. The van der Waals surface area contributed by atoms with Crippen molar-refractivity contribution in [1.29, 1.82) is 0 Å². The SMILES string of the molecule is CCCCOC(=O)CNc1c(Br)cc(C)cc1Br. The molecule has 0 fully saturated rings. The first-order chi connectivity index (χ1) is 8.54. The van der Waals surface area contributed by atoms with E-state index in [9.17, 15) is 4.79 Å². The fourth-order valence-electron chi connectivity index (χ4n) is 1.41. The second kappa shape index (κ2) is 7.79. The van der Waals surface area contributed by atoms with Crippen LogP contribution >= 0.6 is 31.9 Å². The maximum atomic E-state index is 11.5. The fraction of sp³-hybridized carbons (Fsp3) is 0.462. The maximum Gasteiger partial charge on any atom is 0.325 e. The van der Waals surface area contributed by atoms with Crippen molar-refractivity contribution in [2.45, 2.75) is 26.7 Å². The number of hydrogen-bond acceptors (Lipinski definition) is 3. The van der Waals surface area contributed by atoms with Crippen LogP contribution in [0.25, 0.3) is 0 Å². The van der Waals surface area contributed by atoms with Crippen LogP contribution in [0.3, 0.4) is 0 Å². The van der Waals surface area contributed by atoms with Gasteiger partial charge in [-0.25, -0.2) is 0 Å². The highest BCUT2D eigenvalue weighted by atomic mass is 79.9. The predicted molar refractivity (Wildman–Crippen MR) is 80.9 cm³/mol. The molecule has 1 rings (SSSR count). The minimum atomic E-state index is -0.233. The van der Waals surface area contributed by atoms with E-state index >= 15 is 0 Å². The summed E-state index contributed by atoms with van der Waals surface area (Å²) >= 11 is 6.93. The topological polar surface area (TPSA) is 38.3 Å². The molecule has 0 atom stereocenters. The Bertz CT molecular complexity index is 398. The number of carbonyl (C=O) groups excluding carboxylic acids is 1. The number of hydrogen-bond donors (Lipinski definition) is 1. The smallest absolute Gasteiger partial charge is 0.325 e. The van der Waals surface area contributed by atoms with Crippen molar-refractivity contribution in [3.05, 3.63) is 26.6 Å². The molecule has 0 unspecified atom stereocenters. The van der Waals surface area contributed by atoms with E-state index < -0.39 is 0 Å². The Hall–Kier alpha value is -0.550. The number of unbranched alkanes of at least 4 members (excludes halogenated alkanes) is 1. The first kappa shape index (κ1) is 15.5. The number of nitrogens with one attached hydrogen (secondary N) is 1. The quantitative estimate of drug-likeness (QED) is 0.593. The molecule has 0 aliphatic heterocycles. The zero-order chi connectivity index (χ0) is 13.5. The molecule has 0 saturated carbocycles. The summed E-state index contributed by atoms with van der Waals surface area (Å²) in [4.78, 5) is 11.5. The largest absolute Gasteiger partial charge is 0.464 e. The highest BCUT2D eigenvalue weighted by molar-refractivity contribution is 9.11. The summed E-state index contributed by atoms with van der Waals surface area (Å²) in [6.07, 6.45) is 1.93. The van der Waals surface area contributed by atoms with E-state index in [4.69, 9.17) is 4.74 Å². The van der Waals surface area contributed by atoms with Gasteiger partial charge >= 0.3 is 5.97 Å². The van der Waals surface area contributed by atoms with Crippen molar-refractivity contribution in [2.75, 3.05) is 18.5 Å². The predicted octanol–water partition coefficient (Wildman–Crippen LogP) is 4.28. The second-order valence-electron chi connectivity index (χ2n) is 4.03. The molecule has 0 heterocycles. The van der Waals surface area contributed by atoms with E-state index in [-0.39, 0.29) is 12.5 Å². The van der Waals surface area contributed by atoms with Crippen LogP contribution in [0.15, 0.2) is 21.1 Å². The molecule has 100 valence electrons. The fourth-order valence-corrected chi connectivity index (χ4v) is 3.11. The van der Waals surface area contributed by atoms with Crippen LogP contribution in [0.5, 0.6) is 0 Å². The molecule has 0 aliphatic rings.